The molecule has 10 heteroatoms. The van der Waals surface area contributed by atoms with Crippen LogP contribution in [0.25, 0.3) is 0 Å². The monoisotopic (exact) mass is 443 g/mol. The average Bonchev–Trinajstić information content (AvgIpc) is 3.28. The van der Waals surface area contributed by atoms with Crippen molar-refractivity contribution in [1.29, 1.82) is 0 Å². The van der Waals surface area contributed by atoms with Crippen LogP contribution < -0.4 is 11.1 Å². The third-order valence-electron chi connectivity index (χ3n) is 4.63. The van der Waals surface area contributed by atoms with E-state index in [1.807, 2.05) is 13.8 Å². The summed E-state index contributed by atoms with van der Waals surface area (Å²) in [4.78, 5) is 62.7. The number of amides is 4. The maximum Gasteiger partial charge on any atom is 0.329 e. The number of ether oxygens (including phenoxy) is 1. The van der Waals surface area contributed by atoms with E-state index < -0.39 is 42.2 Å². The number of imide groups is 1. The third kappa shape index (κ3) is 4.64. The van der Waals surface area contributed by atoms with Gasteiger partial charge in [0.05, 0.1) is 16.7 Å². The summed E-state index contributed by atoms with van der Waals surface area (Å²) >= 11 is 1.10. The van der Waals surface area contributed by atoms with E-state index >= 15 is 0 Å². The normalized spacial score (nSPS) is 13.8. The molecular weight excluding hydrogens is 422 g/mol. The predicted molar refractivity (Wildman–Crippen MR) is 113 cm³/mol. The Balaban J connectivity index is 1.70. The number of anilines is 1. The Labute approximate surface area is 182 Å². The van der Waals surface area contributed by atoms with Crippen molar-refractivity contribution in [2.45, 2.75) is 26.3 Å². The third-order valence-corrected chi connectivity index (χ3v) is 5.46. The van der Waals surface area contributed by atoms with Crippen molar-refractivity contribution in [1.82, 2.24) is 4.90 Å². The quantitative estimate of drug-likeness (QED) is 0.473. The number of nitrogens with two attached hydrogens (primary N) is 1. The molecule has 1 aromatic carbocycles. The first kappa shape index (κ1) is 22.2. The molecule has 0 radical (unpaired) electrons. The Kier molecular flexibility index (Phi) is 6.50. The van der Waals surface area contributed by atoms with Crippen molar-refractivity contribution in [3.05, 3.63) is 52.4 Å². The Morgan fingerprint density at radius 1 is 1.10 bits per heavy atom. The van der Waals surface area contributed by atoms with Crippen LogP contribution in [0.15, 0.2) is 35.7 Å². The lowest BCUT2D eigenvalue weighted by Gasteiger charge is -2.25. The maximum absolute atomic E-state index is 12.8. The zero-order valence-corrected chi connectivity index (χ0v) is 17.7. The summed E-state index contributed by atoms with van der Waals surface area (Å²) < 4.78 is 5.12. The fraction of sp³-hybridized carbons (Fsp3) is 0.286. The van der Waals surface area contributed by atoms with Gasteiger partial charge in [-0.3, -0.25) is 24.1 Å². The fourth-order valence-corrected chi connectivity index (χ4v) is 4.05. The highest BCUT2D eigenvalue weighted by Crippen LogP contribution is 2.27. The Morgan fingerprint density at radius 3 is 2.26 bits per heavy atom. The van der Waals surface area contributed by atoms with Gasteiger partial charge in [0.25, 0.3) is 23.6 Å². The summed E-state index contributed by atoms with van der Waals surface area (Å²) in [5.74, 6) is -3.41. The minimum atomic E-state index is -1.16. The number of rotatable bonds is 8. The Bertz CT molecular complexity index is 1030. The number of fused-ring (bicyclic) bond motifs is 1. The maximum atomic E-state index is 12.8. The molecule has 31 heavy (non-hydrogen) atoms. The molecule has 0 spiro atoms. The molecule has 1 aliphatic heterocycles. The summed E-state index contributed by atoms with van der Waals surface area (Å²) in [6.07, 6.45) is 0.183. The number of primary amides is 1. The number of nitrogens with one attached hydrogen (secondary N) is 1. The second-order valence-corrected chi connectivity index (χ2v) is 8.27. The minimum Gasteiger partial charge on any atom is -0.454 e. The van der Waals surface area contributed by atoms with E-state index in [-0.39, 0.29) is 34.0 Å². The average molecular weight is 443 g/mol. The number of hydrogen-bond donors (Lipinski definition) is 2. The second-order valence-electron chi connectivity index (χ2n) is 7.35. The molecule has 3 N–H and O–H groups in total. The highest BCUT2D eigenvalue weighted by molar-refractivity contribution is 7.14. The summed E-state index contributed by atoms with van der Waals surface area (Å²) in [7, 11) is 0. The molecule has 4 amide bonds. The van der Waals surface area contributed by atoms with Gasteiger partial charge in [-0.25, -0.2) is 4.79 Å². The molecule has 1 aliphatic rings. The van der Waals surface area contributed by atoms with Crippen LogP contribution >= 0.6 is 11.3 Å². The fourth-order valence-electron chi connectivity index (χ4n) is 3.24. The van der Waals surface area contributed by atoms with Crippen LogP contribution in [0.1, 0.15) is 51.3 Å². The van der Waals surface area contributed by atoms with Crippen molar-refractivity contribution in [2.75, 3.05) is 11.9 Å². The topological polar surface area (TPSA) is 136 Å². The van der Waals surface area contributed by atoms with E-state index in [0.717, 1.165) is 16.2 Å². The number of carbonyl (C=O) groups is 5. The first-order valence-corrected chi connectivity index (χ1v) is 10.4. The van der Waals surface area contributed by atoms with Crippen molar-refractivity contribution < 1.29 is 28.7 Å². The van der Waals surface area contributed by atoms with Crippen molar-refractivity contribution in [2.24, 2.45) is 11.7 Å². The van der Waals surface area contributed by atoms with E-state index in [9.17, 15) is 24.0 Å². The number of esters is 1. The van der Waals surface area contributed by atoms with E-state index in [4.69, 9.17) is 10.5 Å². The van der Waals surface area contributed by atoms with Gasteiger partial charge in [0.15, 0.2) is 6.61 Å². The number of benzene rings is 1. The largest absolute Gasteiger partial charge is 0.454 e. The van der Waals surface area contributed by atoms with Gasteiger partial charge in [-0.1, -0.05) is 26.0 Å². The first-order valence-electron chi connectivity index (χ1n) is 9.51. The van der Waals surface area contributed by atoms with Gasteiger partial charge in [-0.15, -0.1) is 11.3 Å². The summed E-state index contributed by atoms with van der Waals surface area (Å²) in [5, 5.41) is 4.29. The van der Waals surface area contributed by atoms with Gasteiger partial charge in [0, 0.05) is 0 Å². The summed E-state index contributed by atoms with van der Waals surface area (Å²) in [6, 6.07) is 6.63. The van der Waals surface area contributed by atoms with Gasteiger partial charge in [-0.2, -0.15) is 0 Å². The SMILES string of the molecule is CC(C)CC(C(=O)OCC(=O)Nc1sccc1C(N)=O)N1C(=O)c2ccccc2C1=O. The lowest BCUT2D eigenvalue weighted by Crippen LogP contribution is -2.46. The molecule has 2 aromatic rings. The Hall–Kier alpha value is -3.53. The first-order chi connectivity index (χ1) is 14.7. The van der Waals surface area contributed by atoms with Crippen LogP contribution in [0, 0.1) is 5.92 Å². The molecule has 3 rings (SSSR count). The molecule has 0 bridgehead atoms. The zero-order chi connectivity index (χ0) is 22.7. The smallest absolute Gasteiger partial charge is 0.329 e. The number of nitrogens with zero attached hydrogens (tertiary/aromatic N) is 1. The van der Waals surface area contributed by atoms with Gasteiger partial charge >= 0.3 is 5.97 Å². The highest BCUT2D eigenvalue weighted by Gasteiger charge is 2.43. The van der Waals surface area contributed by atoms with Gasteiger partial charge in [0.1, 0.15) is 11.0 Å². The number of thiophene rings is 1. The van der Waals surface area contributed by atoms with Crippen molar-refractivity contribution in [3.8, 4) is 0 Å². The molecule has 1 aromatic heterocycles. The molecule has 1 atom stereocenters. The van der Waals surface area contributed by atoms with Gasteiger partial charge < -0.3 is 15.8 Å². The van der Waals surface area contributed by atoms with E-state index in [1.165, 1.54) is 18.2 Å². The summed E-state index contributed by atoms with van der Waals surface area (Å²) in [6.45, 7) is 3.04. The highest BCUT2D eigenvalue weighted by atomic mass is 32.1. The van der Waals surface area contributed by atoms with Gasteiger partial charge in [-0.05, 0) is 35.9 Å². The lowest BCUT2D eigenvalue weighted by molar-refractivity contribution is -0.151. The summed E-state index contributed by atoms with van der Waals surface area (Å²) in [5.41, 5.74) is 5.83. The molecule has 1 unspecified atom stereocenters. The van der Waals surface area contributed by atoms with Crippen LogP contribution in [0.3, 0.4) is 0 Å². The van der Waals surface area contributed by atoms with Gasteiger partial charge in [0.2, 0.25) is 0 Å². The second kappa shape index (κ2) is 9.09. The van der Waals surface area contributed by atoms with Crippen LogP contribution in [0.5, 0.6) is 0 Å². The molecule has 162 valence electrons. The Morgan fingerprint density at radius 2 is 1.71 bits per heavy atom. The van der Waals surface area contributed by atoms with Crippen molar-refractivity contribution >= 4 is 45.9 Å². The standard InChI is InChI=1S/C21H21N3O6S/c1-11(2)9-15(24-19(27)12-5-3-4-6-13(12)20(24)28)21(29)30-10-16(25)23-18-14(17(22)26)7-8-31-18/h3-8,11,15H,9-10H2,1-2H3,(H2,22,26)(H,23,25). The van der Waals surface area contributed by atoms with Crippen LogP contribution in [-0.2, 0) is 14.3 Å². The lowest BCUT2D eigenvalue weighted by atomic mass is 10.0. The molecular formula is C21H21N3O6S. The minimum absolute atomic E-state index is 0.0278. The van der Waals surface area contributed by atoms with E-state index in [2.05, 4.69) is 5.32 Å². The zero-order valence-electron chi connectivity index (χ0n) is 16.9. The molecule has 2 heterocycles. The van der Waals surface area contributed by atoms with Crippen LogP contribution in [0.4, 0.5) is 5.00 Å². The molecule has 0 saturated carbocycles. The van der Waals surface area contributed by atoms with Crippen LogP contribution in [-0.4, -0.2) is 47.1 Å². The molecule has 9 nitrogen and oxygen atoms in total. The van der Waals surface area contributed by atoms with Crippen molar-refractivity contribution in [3.63, 3.8) is 0 Å². The number of hydrogen-bond acceptors (Lipinski definition) is 7. The molecule has 0 aliphatic carbocycles. The van der Waals surface area contributed by atoms with E-state index in [1.54, 1.807) is 17.5 Å². The number of carbonyl (C=O) groups excluding carboxylic acids is 5. The van der Waals surface area contributed by atoms with Crippen LogP contribution in [0.2, 0.25) is 0 Å². The molecule has 0 saturated heterocycles. The molecule has 0 fully saturated rings. The predicted octanol–water partition coefficient (Wildman–Crippen LogP) is 2.04. The van der Waals surface area contributed by atoms with E-state index in [0.29, 0.717) is 0 Å².